The molecule has 0 aliphatic carbocycles. The molecular formula is C17H20N2O2S. The van der Waals surface area contributed by atoms with E-state index < -0.39 is 10.0 Å². The van der Waals surface area contributed by atoms with Crippen molar-refractivity contribution in [3.8, 4) is 11.1 Å². The van der Waals surface area contributed by atoms with Crippen LogP contribution in [0.2, 0.25) is 0 Å². The number of rotatable bonds is 4. The molecule has 1 saturated heterocycles. The average molecular weight is 316 g/mol. The molecule has 0 spiro atoms. The van der Waals surface area contributed by atoms with Gasteiger partial charge in [-0.3, -0.25) is 4.72 Å². The maximum atomic E-state index is 11.3. The molecular weight excluding hydrogens is 296 g/mol. The van der Waals surface area contributed by atoms with Crippen molar-refractivity contribution >= 4 is 15.7 Å². The van der Waals surface area contributed by atoms with Crippen LogP contribution in [0.4, 0.5) is 5.69 Å². The fourth-order valence-corrected chi connectivity index (χ4v) is 3.42. The SMILES string of the molecule is CS(=O)(=O)Nc1cccc(-c2ccc(C3CCNC3)cc2)c1. The van der Waals surface area contributed by atoms with Crippen LogP contribution in [-0.4, -0.2) is 27.8 Å². The first-order chi connectivity index (χ1) is 10.5. The predicted molar refractivity (Wildman–Crippen MR) is 90.6 cm³/mol. The molecule has 2 aromatic carbocycles. The summed E-state index contributed by atoms with van der Waals surface area (Å²) in [5.74, 6) is 0.604. The van der Waals surface area contributed by atoms with Crippen LogP contribution in [-0.2, 0) is 10.0 Å². The Morgan fingerprint density at radius 2 is 1.86 bits per heavy atom. The standard InChI is InChI=1S/C17H20N2O2S/c1-22(20,21)19-17-4-2-3-15(11-17)13-5-7-14(8-6-13)16-9-10-18-12-16/h2-8,11,16,18-19H,9-10,12H2,1H3. The smallest absolute Gasteiger partial charge is 0.229 e. The van der Waals surface area contributed by atoms with Gasteiger partial charge in [-0.1, -0.05) is 36.4 Å². The summed E-state index contributed by atoms with van der Waals surface area (Å²) in [4.78, 5) is 0. The molecule has 2 aromatic rings. The van der Waals surface area contributed by atoms with Gasteiger partial charge in [0.25, 0.3) is 0 Å². The zero-order chi connectivity index (χ0) is 15.6. The van der Waals surface area contributed by atoms with Crippen LogP contribution in [0.5, 0.6) is 0 Å². The Morgan fingerprint density at radius 1 is 1.09 bits per heavy atom. The van der Waals surface area contributed by atoms with Crippen LogP contribution >= 0.6 is 0 Å². The summed E-state index contributed by atoms with van der Waals surface area (Å²) in [7, 11) is -3.25. The molecule has 5 heteroatoms. The third-order valence-corrected chi connectivity index (χ3v) is 4.55. The van der Waals surface area contributed by atoms with Crippen LogP contribution in [0.25, 0.3) is 11.1 Å². The molecule has 0 bridgehead atoms. The van der Waals surface area contributed by atoms with Gasteiger partial charge in [-0.15, -0.1) is 0 Å². The van der Waals surface area contributed by atoms with Crippen LogP contribution in [0.3, 0.4) is 0 Å². The van der Waals surface area contributed by atoms with E-state index in [1.165, 1.54) is 12.0 Å². The molecule has 2 N–H and O–H groups in total. The number of nitrogens with one attached hydrogen (secondary N) is 2. The maximum absolute atomic E-state index is 11.3. The third-order valence-electron chi connectivity index (χ3n) is 3.94. The van der Waals surface area contributed by atoms with Gasteiger partial charge in [0.2, 0.25) is 10.0 Å². The summed E-state index contributed by atoms with van der Waals surface area (Å²) in [6.45, 7) is 2.14. The molecule has 0 saturated carbocycles. The zero-order valence-corrected chi connectivity index (χ0v) is 13.4. The fourth-order valence-electron chi connectivity index (χ4n) is 2.86. The molecule has 1 unspecified atom stereocenters. The highest BCUT2D eigenvalue weighted by Gasteiger charge is 2.16. The summed E-state index contributed by atoms with van der Waals surface area (Å²) in [6, 6.07) is 16.0. The second kappa shape index (κ2) is 6.10. The van der Waals surface area contributed by atoms with Crippen molar-refractivity contribution in [1.82, 2.24) is 5.32 Å². The normalized spacial score (nSPS) is 18.3. The van der Waals surface area contributed by atoms with Crippen molar-refractivity contribution in [2.75, 3.05) is 24.1 Å². The van der Waals surface area contributed by atoms with Gasteiger partial charge in [-0.2, -0.15) is 0 Å². The second-order valence-electron chi connectivity index (χ2n) is 5.77. The molecule has 116 valence electrons. The molecule has 3 rings (SSSR count). The Labute approximate surface area is 131 Å². The summed E-state index contributed by atoms with van der Waals surface area (Å²) in [5.41, 5.74) is 4.04. The highest BCUT2D eigenvalue weighted by atomic mass is 32.2. The first kappa shape index (κ1) is 15.1. The minimum atomic E-state index is -3.25. The topological polar surface area (TPSA) is 58.2 Å². The molecule has 1 atom stereocenters. The molecule has 0 aromatic heterocycles. The van der Waals surface area contributed by atoms with E-state index in [1.807, 2.05) is 18.2 Å². The van der Waals surface area contributed by atoms with E-state index in [0.29, 0.717) is 11.6 Å². The number of hydrogen-bond donors (Lipinski definition) is 2. The van der Waals surface area contributed by atoms with Gasteiger partial charge >= 0.3 is 0 Å². The van der Waals surface area contributed by atoms with Crippen LogP contribution in [0.15, 0.2) is 48.5 Å². The van der Waals surface area contributed by atoms with Crippen molar-refractivity contribution in [3.05, 3.63) is 54.1 Å². The highest BCUT2D eigenvalue weighted by molar-refractivity contribution is 7.92. The largest absolute Gasteiger partial charge is 0.316 e. The maximum Gasteiger partial charge on any atom is 0.229 e. The Morgan fingerprint density at radius 3 is 2.50 bits per heavy atom. The van der Waals surface area contributed by atoms with E-state index >= 15 is 0 Å². The fraction of sp³-hybridized carbons (Fsp3) is 0.294. The first-order valence-corrected chi connectivity index (χ1v) is 9.29. The van der Waals surface area contributed by atoms with Gasteiger partial charge in [-0.25, -0.2) is 8.42 Å². The van der Waals surface area contributed by atoms with E-state index in [9.17, 15) is 8.42 Å². The second-order valence-corrected chi connectivity index (χ2v) is 7.52. The molecule has 1 aliphatic heterocycles. The zero-order valence-electron chi connectivity index (χ0n) is 12.5. The van der Waals surface area contributed by atoms with Crippen LogP contribution in [0.1, 0.15) is 17.9 Å². The average Bonchev–Trinajstić information content (AvgIpc) is 3.00. The number of anilines is 1. The highest BCUT2D eigenvalue weighted by Crippen LogP contribution is 2.27. The molecule has 1 fully saturated rings. The van der Waals surface area contributed by atoms with Crippen LogP contribution < -0.4 is 10.0 Å². The minimum absolute atomic E-state index is 0.587. The number of sulfonamides is 1. The molecule has 0 amide bonds. The quantitative estimate of drug-likeness (QED) is 0.912. The summed E-state index contributed by atoms with van der Waals surface area (Å²) in [6.07, 6.45) is 2.34. The van der Waals surface area contributed by atoms with Gasteiger partial charge in [0, 0.05) is 12.2 Å². The summed E-state index contributed by atoms with van der Waals surface area (Å²) >= 11 is 0. The lowest BCUT2D eigenvalue weighted by Crippen LogP contribution is -2.09. The van der Waals surface area contributed by atoms with Crippen molar-refractivity contribution in [3.63, 3.8) is 0 Å². The van der Waals surface area contributed by atoms with Crippen molar-refractivity contribution in [1.29, 1.82) is 0 Å². The van der Waals surface area contributed by atoms with Crippen molar-refractivity contribution in [2.45, 2.75) is 12.3 Å². The van der Waals surface area contributed by atoms with E-state index in [0.717, 1.165) is 30.5 Å². The molecule has 1 heterocycles. The van der Waals surface area contributed by atoms with Crippen molar-refractivity contribution in [2.24, 2.45) is 0 Å². The Balaban J connectivity index is 1.83. The monoisotopic (exact) mass is 316 g/mol. The van der Waals surface area contributed by atoms with E-state index in [1.54, 1.807) is 6.07 Å². The molecule has 4 nitrogen and oxygen atoms in total. The molecule has 1 aliphatic rings. The molecule has 0 radical (unpaired) electrons. The Kier molecular flexibility index (Phi) is 4.18. The third kappa shape index (κ3) is 3.67. The summed E-state index contributed by atoms with van der Waals surface area (Å²) < 4.78 is 25.2. The van der Waals surface area contributed by atoms with Crippen LogP contribution in [0, 0.1) is 0 Å². The first-order valence-electron chi connectivity index (χ1n) is 7.40. The van der Waals surface area contributed by atoms with E-state index in [-0.39, 0.29) is 0 Å². The van der Waals surface area contributed by atoms with Gasteiger partial charge in [0.1, 0.15) is 0 Å². The lowest BCUT2D eigenvalue weighted by Gasteiger charge is -2.11. The Bertz CT molecular complexity index is 748. The number of hydrogen-bond acceptors (Lipinski definition) is 3. The number of benzene rings is 2. The minimum Gasteiger partial charge on any atom is -0.316 e. The predicted octanol–water partition coefficient (Wildman–Crippen LogP) is 2.80. The lowest BCUT2D eigenvalue weighted by atomic mass is 9.95. The lowest BCUT2D eigenvalue weighted by molar-refractivity contribution is 0.607. The van der Waals surface area contributed by atoms with Gasteiger partial charge in [0.05, 0.1) is 6.26 Å². The molecule has 22 heavy (non-hydrogen) atoms. The van der Waals surface area contributed by atoms with Crippen molar-refractivity contribution < 1.29 is 8.42 Å². The van der Waals surface area contributed by atoms with E-state index in [4.69, 9.17) is 0 Å². The van der Waals surface area contributed by atoms with Gasteiger partial charge in [0.15, 0.2) is 0 Å². The van der Waals surface area contributed by atoms with Gasteiger partial charge < -0.3 is 5.32 Å². The van der Waals surface area contributed by atoms with Gasteiger partial charge in [-0.05, 0) is 47.7 Å². The Hall–Kier alpha value is -1.85. The summed E-state index contributed by atoms with van der Waals surface area (Å²) in [5, 5.41) is 3.38. The van der Waals surface area contributed by atoms with E-state index in [2.05, 4.69) is 34.3 Å².